The molecule has 0 aliphatic carbocycles. The molecule has 0 radical (unpaired) electrons. The van der Waals surface area contributed by atoms with Crippen molar-refractivity contribution in [2.45, 2.75) is 0 Å². The zero-order chi connectivity index (χ0) is 14.5. The summed E-state index contributed by atoms with van der Waals surface area (Å²) in [7, 11) is 0. The van der Waals surface area contributed by atoms with E-state index in [0.29, 0.717) is 9.06 Å². The van der Waals surface area contributed by atoms with Crippen LogP contribution in [0.3, 0.4) is 0 Å². The third-order valence-electron chi connectivity index (χ3n) is 2.39. The molecular weight excluding hydrogens is 288 g/mol. The highest BCUT2D eigenvalue weighted by Crippen LogP contribution is 2.05. The second-order valence-electron chi connectivity index (χ2n) is 3.53. The Morgan fingerprint density at radius 1 is 0.650 bits per heavy atom. The molecular formula is C14H4N4S2. The second kappa shape index (κ2) is 5.83. The summed E-state index contributed by atoms with van der Waals surface area (Å²) < 4.78 is 3.03. The van der Waals surface area contributed by atoms with Crippen molar-refractivity contribution < 1.29 is 0 Å². The third kappa shape index (κ3) is 2.44. The fourth-order valence-electron chi connectivity index (χ4n) is 1.48. The molecule has 0 atom stereocenters. The Morgan fingerprint density at radius 2 is 1.00 bits per heavy atom. The van der Waals surface area contributed by atoms with E-state index in [1.165, 1.54) is 22.7 Å². The molecule has 92 valence electrons. The van der Waals surface area contributed by atoms with Crippen molar-refractivity contribution in [3.8, 4) is 24.3 Å². The largest absolute Gasteiger partial charge is 0.192 e. The summed E-state index contributed by atoms with van der Waals surface area (Å²) in [6, 6.07) is 14.5. The number of rotatable bonds is 0. The lowest BCUT2D eigenvalue weighted by Crippen LogP contribution is -1.94. The predicted octanol–water partition coefficient (Wildman–Crippen LogP) is 1.49. The molecule has 0 saturated heterocycles. The maximum atomic E-state index is 8.82. The van der Waals surface area contributed by atoms with Crippen molar-refractivity contribution >= 4 is 33.8 Å². The maximum absolute atomic E-state index is 8.82. The zero-order valence-corrected chi connectivity index (χ0v) is 11.5. The molecule has 0 unspecified atom stereocenters. The van der Waals surface area contributed by atoms with Gasteiger partial charge in [0.2, 0.25) is 0 Å². The Labute approximate surface area is 121 Å². The molecule has 2 aromatic heterocycles. The molecule has 0 N–H and O–H groups in total. The van der Waals surface area contributed by atoms with Gasteiger partial charge in [-0.3, -0.25) is 0 Å². The first-order chi connectivity index (χ1) is 9.73. The molecule has 2 heterocycles. The number of nitrogens with zero attached hydrogens (tertiary/aromatic N) is 4. The fourth-order valence-corrected chi connectivity index (χ4v) is 3.47. The van der Waals surface area contributed by atoms with Gasteiger partial charge in [0.05, 0.1) is 9.06 Å². The van der Waals surface area contributed by atoms with Gasteiger partial charge in [-0.1, -0.05) is 0 Å². The Balaban J connectivity index is 2.84. The Hall–Kier alpha value is -2.90. The van der Waals surface area contributed by atoms with Crippen LogP contribution in [0.2, 0.25) is 0 Å². The highest BCUT2D eigenvalue weighted by Gasteiger charge is 1.99. The van der Waals surface area contributed by atoms with Crippen LogP contribution in [0.1, 0.15) is 0 Å². The van der Waals surface area contributed by atoms with E-state index >= 15 is 0 Å². The molecule has 0 fully saturated rings. The first-order valence-corrected chi connectivity index (χ1v) is 6.92. The van der Waals surface area contributed by atoms with Gasteiger partial charge in [0.25, 0.3) is 0 Å². The van der Waals surface area contributed by atoms with Crippen LogP contribution in [0.25, 0.3) is 11.1 Å². The van der Waals surface area contributed by atoms with Gasteiger partial charge in [-0.05, 0) is 24.3 Å². The van der Waals surface area contributed by atoms with Gasteiger partial charge in [0, 0.05) is 9.06 Å². The minimum Gasteiger partial charge on any atom is -0.192 e. The van der Waals surface area contributed by atoms with Gasteiger partial charge in [-0.2, -0.15) is 21.0 Å². The van der Waals surface area contributed by atoms with Crippen molar-refractivity contribution in [3.63, 3.8) is 0 Å². The standard InChI is InChI=1S/C14H4N4S2/c15-5-9(6-16)11-1-3-13(19-11)14-4-2-12(20-14)10(7-17)8-18/h1-4H/b14-13+. The van der Waals surface area contributed by atoms with E-state index in [1.807, 2.05) is 36.4 Å². The van der Waals surface area contributed by atoms with E-state index in [2.05, 4.69) is 0 Å². The summed E-state index contributed by atoms with van der Waals surface area (Å²) in [5, 5.41) is 35.3. The van der Waals surface area contributed by atoms with Gasteiger partial charge in [0.1, 0.15) is 35.4 Å². The highest BCUT2D eigenvalue weighted by atomic mass is 32.1. The zero-order valence-electron chi connectivity index (χ0n) is 9.91. The average molecular weight is 292 g/mol. The quantitative estimate of drug-likeness (QED) is 0.735. The van der Waals surface area contributed by atoms with Crippen LogP contribution in [0.15, 0.2) is 24.3 Å². The van der Waals surface area contributed by atoms with E-state index < -0.39 is 0 Å². The number of hydrogen-bond acceptors (Lipinski definition) is 6. The van der Waals surface area contributed by atoms with Crippen molar-refractivity contribution in [1.29, 1.82) is 21.0 Å². The topological polar surface area (TPSA) is 95.2 Å². The monoisotopic (exact) mass is 292 g/mol. The lowest BCUT2D eigenvalue weighted by molar-refractivity contribution is 1.51. The van der Waals surface area contributed by atoms with Crippen molar-refractivity contribution in [1.82, 2.24) is 0 Å². The Morgan fingerprint density at radius 3 is 1.30 bits per heavy atom. The van der Waals surface area contributed by atoms with Gasteiger partial charge < -0.3 is 0 Å². The summed E-state index contributed by atoms with van der Waals surface area (Å²) in [5.74, 6) is 0. The van der Waals surface area contributed by atoms with Gasteiger partial charge in [-0.25, -0.2) is 0 Å². The Bertz CT molecular complexity index is 925. The number of hydrogen-bond donors (Lipinski definition) is 0. The summed E-state index contributed by atoms with van der Waals surface area (Å²) in [6.07, 6.45) is 0. The highest BCUT2D eigenvalue weighted by molar-refractivity contribution is 7.11. The summed E-state index contributed by atoms with van der Waals surface area (Å²) in [6.45, 7) is 0. The molecule has 0 aliphatic heterocycles. The predicted molar refractivity (Wildman–Crippen MR) is 74.8 cm³/mol. The van der Waals surface area contributed by atoms with Crippen LogP contribution in [0.4, 0.5) is 0 Å². The maximum Gasteiger partial charge on any atom is 0.146 e. The number of nitriles is 4. The molecule has 0 aliphatic rings. The summed E-state index contributed by atoms with van der Waals surface area (Å²) in [5.41, 5.74) is 0.165. The van der Waals surface area contributed by atoms with Gasteiger partial charge in [-0.15, -0.1) is 22.7 Å². The molecule has 2 rings (SSSR count). The molecule has 0 bridgehead atoms. The molecule has 4 nitrogen and oxygen atoms in total. The minimum atomic E-state index is 0.0827. The van der Waals surface area contributed by atoms with Crippen molar-refractivity contribution in [2.24, 2.45) is 0 Å². The minimum absolute atomic E-state index is 0.0827. The van der Waals surface area contributed by atoms with Crippen LogP contribution in [-0.2, 0) is 0 Å². The van der Waals surface area contributed by atoms with Gasteiger partial charge >= 0.3 is 0 Å². The van der Waals surface area contributed by atoms with E-state index in [4.69, 9.17) is 21.0 Å². The molecule has 0 amide bonds. The molecule has 6 heteroatoms. The molecule has 2 aromatic rings. The van der Waals surface area contributed by atoms with Crippen LogP contribution < -0.4 is 9.06 Å². The van der Waals surface area contributed by atoms with E-state index in [9.17, 15) is 0 Å². The van der Waals surface area contributed by atoms with Crippen LogP contribution in [0.5, 0.6) is 0 Å². The summed E-state index contributed by atoms with van der Waals surface area (Å²) in [4.78, 5) is 0. The first kappa shape index (κ1) is 13.5. The number of thiophene rings is 2. The second-order valence-corrected chi connectivity index (χ2v) is 5.69. The normalized spacial score (nSPS) is 10.6. The molecule has 0 saturated carbocycles. The smallest absolute Gasteiger partial charge is 0.146 e. The van der Waals surface area contributed by atoms with Crippen LogP contribution >= 0.6 is 22.7 Å². The average Bonchev–Trinajstić information content (AvgIpc) is 3.11. The van der Waals surface area contributed by atoms with Crippen LogP contribution in [-0.4, -0.2) is 0 Å². The van der Waals surface area contributed by atoms with Gasteiger partial charge in [0.15, 0.2) is 0 Å². The molecule has 0 spiro atoms. The van der Waals surface area contributed by atoms with Crippen molar-refractivity contribution in [2.75, 3.05) is 0 Å². The SMILES string of the molecule is N#CC(C#N)=c1cc/c(=c2/ccc(=C(C#N)C#N)s2)s1. The van der Waals surface area contributed by atoms with Crippen molar-refractivity contribution in [3.05, 3.63) is 42.4 Å². The van der Waals surface area contributed by atoms with Crippen LogP contribution in [0, 0.1) is 54.4 Å². The van der Waals surface area contributed by atoms with E-state index in [-0.39, 0.29) is 11.1 Å². The van der Waals surface area contributed by atoms with E-state index in [0.717, 1.165) is 9.06 Å². The third-order valence-corrected chi connectivity index (χ3v) is 4.80. The summed E-state index contributed by atoms with van der Waals surface area (Å²) >= 11 is 2.67. The lowest BCUT2D eigenvalue weighted by atomic mass is 10.3. The molecule has 0 aromatic carbocycles. The Kier molecular flexibility index (Phi) is 3.94. The lowest BCUT2D eigenvalue weighted by Gasteiger charge is -1.75. The first-order valence-electron chi connectivity index (χ1n) is 5.28. The van der Waals surface area contributed by atoms with E-state index in [1.54, 1.807) is 12.1 Å². The fraction of sp³-hybridized carbons (Fsp3) is 0. The molecule has 20 heavy (non-hydrogen) atoms.